The first-order valence-electron chi connectivity index (χ1n) is 6.75. The molecule has 4 heteroatoms. The Kier molecular flexibility index (Phi) is 7.09. The number of hydrogen-bond donors (Lipinski definition) is 0. The second-order valence-corrected chi connectivity index (χ2v) is 11.5. The topological polar surface area (TPSA) is 6.48 Å². The third-order valence-electron chi connectivity index (χ3n) is 3.25. The molecule has 0 aliphatic rings. The van der Waals surface area contributed by atoms with Crippen molar-refractivity contribution in [1.29, 1.82) is 0 Å². The van der Waals surface area contributed by atoms with Gasteiger partial charge in [-0.05, 0) is 24.2 Å². The van der Waals surface area contributed by atoms with Crippen LogP contribution in [0, 0.1) is 0 Å². The van der Waals surface area contributed by atoms with Gasteiger partial charge in [-0.1, -0.05) is 55.4 Å². The van der Waals surface area contributed by atoms with Crippen molar-refractivity contribution in [2.75, 3.05) is 0 Å². The number of nitrogens with zero attached hydrogens (tertiary/aromatic N) is 2. The Morgan fingerprint density at radius 1 is 0.625 bits per heavy atom. The van der Waals surface area contributed by atoms with Gasteiger partial charge in [-0.25, -0.2) is 0 Å². The highest BCUT2D eigenvalue weighted by molar-refractivity contribution is 6.99. The van der Waals surface area contributed by atoms with Crippen LogP contribution in [0.1, 0.15) is 55.4 Å². The highest BCUT2D eigenvalue weighted by Gasteiger charge is 2.29. The van der Waals surface area contributed by atoms with E-state index in [4.69, 9.17) is 0 Å². The molecule has 0 rings (SSSR count). The van der Waals surface area contributed by atoms with Crippen molar-refractivity contribution in [3.05, 3.63) is 0 Å². The molecular weight excluding hydrogens is 228 g/mol. The standard InChI is InChI=1S/C12H32N2Si2/c1-9(2)13(10(3)4)16(15)14(11(5)6)12(7)8/h9-12,16H,1-8,15H3. The van der Waals surface area contributed by atoms with Gasteiger partial charge < -0.3 is 9.13 Å². The minimum atomic E-state index is -0.858. The SMILES string of the molecule is CC(C)N(C(C)C)[SiH]([SiH3])N(C(C)C)C(C)C. The van der Waals surface area contributed by atoms with E-state index in [9.17, 15) is 0 Å². The lowest BCUT2D eigenvalue weighted by molar-refractivity contribution is 0.232. The Hall–Kier alpha value is 0.354. The van der Waals surface area contributed by atoms with Crippen molar-refractivity contribution >= 4 is 18.4 Å². The van der Waals surface area contributed by atoms with E-state index in [1.54, 1.807) is 0 Å². The summed E-state index contributed by atoms with van der Waals surface area (Å²) in [6.45, 7) is 18.8. The first kappa shape index (κ1) is 16.4. The second-order valence-electron chi connectivity index (χ2n) is 5.90. The summed E-state index contributed by atoms with van der Waals surface area (Å²) in [6, 6.07) is 2.76. The third-order valence-corrected chi connectivity index (χ3v) is 10.9. The molecule has 0 N–H and O–H groups in total. The first-order valence-corrected chi connectivity index (χ1v) is 12.4. The molecule has 0 spiro atoms. The van der Waals surface area contributed by atoms with Crippen LogP contribution >= 0.6 is 0 Å². The number of rotatable bonds is 6. The molecule has 0 unspecified atom stereocenters. The van der Waals surface area contributed by atoms with E-state index < -0.39 is 8.64 Å². The fourth-order valence-corrected chi connectivity index (χ4v) is 14.0. The average molecular weight is 261 g/mol. The van der Waals surface area contributed by atoms with Crippen molar-refractivity contribution in [2.45, 2.75) is 79.6 Å². The summed E-state index contributed by atoms with van der Waals surface area (Å²) in [6.07, 6.45) is 0. The lowest BCUT2D eigenvalue weighted by Gasteiger charge is -2.45. The maximum Gasteiger partial charge on any atom is 0.165 e. The summed E-state index contributed by atoms with van der Waals surface area (Å²) in [5.41, 5.74) is 0. The zero-order chi connectivity index (χ0) is 13.0. The van der Waals surface area contributed by atoms with E-state index in [1.165, 1.54) is 9.76 Å². The average Bonchev–Trinajstić information content (AvgIpc) is 1.99. The Morgan fingerprint density at radius 3 is 0.938 bits per heavy atom. The lowest BCUT2D eigenvalue weighted by atomic mass is 10.3. The Balaban J connectivity index is 4.88. The van der Waals surface area contributed by atoms with E-state index in [2.05, 4.69) is 64.5 Å². The molecule has 0 saturated heterocycles. The van der Waals surface area contributed by atoms with Crippen molar-refractivity contribution < 1.29 is 0 Å². The van der Waals surface area contributed by atoms with Gasteiger partial charge in [0, 0.05) is 9.76 Å². The molecule has 0 bridgehead atoms. The molecular formula is C12H32N2Si2. The molecule has 0 heterocycles. The summed E-state index contributed by atoms with van der Waals surface area (Å²) in [7, 11) is 0.480. The maximum atomic E-state index is 2.78. The van der Waals surface area contributed by atoms with Crippen LogP contribution in [0.4, 0.5) is 0 Å². The quantitative estimate of drug-likeness (QED) is 0.665. The molecule has 0 fully saturated rings. The highest BCUT2D eigenvalue weighted by atomic mass is 29.2. The van der Waals surface area contributed by atoms with Crippen molar-refractivity contribution in [2.24, 2.45) is 0 Å². The molecule has 0 aliphatic heterocycles. The van der Waals surface area contributed by atoms with Crippen molar-refractivity contribution in [1.82, 2.24) is 9.13 Å². The molecule has 0 radical (unpaired) electrons. The van der Waals surface area contributed by atoms with Gasteiger partial charge in [0.1, 0.15) is 0 Å². The van der Waals surface area contributed by atoms with E-state index in [0.717, 1.165) is 0 Å². The van der Waals surface area contributed by atoms with Gasteiger partial charge in [0.05, 0.1) is 0 Å². The van der Waals surface area contributed by atoms with Gasteiger partial charge in [0.15, 0.2) is 8.64 Å². The van der Waals surface area contributed by atoms with Crippen molar-refractivity contribution in [3.8, 4) is 0 Å². The van der Waals surface area contributed by atoms with Crippen LogP contribution in [0.3, 0.4) is 0 Å². The molecule has 0 aliphatic carbocycles. The van der Waals surface area contributed by atoms with Gasteiger partial charge in [-0.2, -0.15) is 0 Å². The summed E-state index contributed by atoms with van der Waals surface area (Å²) in [4.78, 5) is 0. The predicted octanol–water partition coefficient (Wildman–Crippen LogP) is 1.31. The molecule has 0 aromatic carbocycles. The minimum Gasteiger partial charge on any atom is -0.312 e. The minimum absolute atomic E-state index is 0.689. The zero-order valence-corrected chi connectivity index (χ0v) is 15.9. The smallest absolute Gasteiger partial charge is 0.165 e. The van der Waals surface area contributed by atoms with Crippen LogP contribution in [-0.2, 0) is 0 Å². The van der Waals surface area contributed by atoms with E-state index in [1.807, 2.05) is 0 Å². The maximum absolute atomic E-state index is 2.78. The molecule has 0 amide bonds. The van der Waals surface area contributed by atoms with E-state index >= 15 is 0 Å². The van der Waals surface area contributed by atoms with Crippen LogP contribution in [0.15, 0.2) is 0 Å². The molecule has 16 heavy (non-hydrogen) atoms. The van der Waals surface area contributed by atoms with Crippen LogP contribution in [-0.4, -0.2) is 51.7 Å². The van der Waals surface area contributed by atoms with Gasteiger partial charge in [0.25, 0.3) is 0 Å². The Labute approximate surface area is 107 Å². The lowest BCUT2D eigenvalue weighted by Crippen LogP contribution is -2.62. The highest BCUT2D eigenvalue weighted by Crippen LogP contribution is 2.14. The zero-order valence-electron chi connectivity index (χ0n) is 12.8. The van der Waals surface area contributed by atoms with Crippen LogP contribution in [0.2, 0.25) is 0 Å². The summed E-state index contributed by atoms with van der Waals surface area (Å²) in [5, 5.41) is 0. The van der Waals surface area contributed by atoms with E-state index in [-0.39, 0.29) is 0 Å². The molecule has 2 nitrogen and oxygen atoms in total. The first-order chi connectivity index (χ1) is 7.20. The molecule has 0 saturated carbocycles. The van der Waals surface area contributed by atoms with Crippen LogP contribution in [0.25, 0.3) is 0 Å². The van der Waals surface area contributed by atoms with Gasteiger partial charge >= 0.3 is 0 Å². The van der Waals surface area contributed by atoms with E-state index in [0.29, 0.717) is 24.2 Å². The summed E-state index contributed by atoms with van der Waals surface area (Å²) >= 11 is 0. The summed E-state index contributed by atoms with van der Waals surface area (Å²) in [5.74, 6) is 0. The molecule has 0 aromatic rings. The molecule has 98 valence electrons. The monoisotopic (exact) mass is 260 g/mol. The molecule has 0 aromatic heterocycles. The Bertz CT molecular complexity index is 157. The van der Waals surface area contributed by atoms with Gasteiger partial charge in [0.2, 0.25) is 0 Å². The third kappa shape index (κ3) is 4.32. The normalized spacial score (nSPS) is 13.7. The Morgan fingerprint density at radius 2 is 0.812 bits per heavy atom. The predicted molar refractivity (Wildman–Crippen MR) is 81.3 cm³/mol. The van der Waals surface area contributed by atoms with Crippen LogP contribution < -0.4 is 0 Å². The molecule has 0 atom stereocenters. The van der Waals surface area contributed by atoms with Gasteiger partial charge in [-0.3, -0.25) is 0 Å². The largest absolute Gasteiger partial charge is 0.312 e. The summed E-state index contributed by atoms with van der Waals surface area (Å²) < 4.78 is 5.57. The fraction of sp³-hybridized carbons (Fsp3) is 1.00. The fourth-order valence-electron chi connectivity index (χ4n) is 3.07. The number of hydrogen-bond acceptors (Lipinski definition) is 2. The second kappa shape index (κ2) is 6.94. The van der Waals surface area contributed by atoms with Gasteiger partial charge in [-0.15, -0.1) is 0 Å². The van der Waals surface area contributed by atoms with Crippen LogP contribution in [0.5, 0.6) is 0 Å². The van der Waals surface area contributed by atoms with Crippen molar-refractivity contribution in [3.63, 3.8) is 0 Å².